The average molecular weight is 366 g/mol. The molecule has 0 unspecified atom stereocenters. The lowest BCUT2D eigenvalue weighted by molar-refractivity contribution is 0.0302. The smallest absolute Gasteiger partial charge is 0.258 e. The van der Waals surface area contributed by atoms with Crippen molar-refractivity contribution in [1.29, 1.82) is 0 Å². The Morgan fingerprint density at radius 3 is 2.59 bits per heavy atom. The number of hydrogen-bond acceptors (Lipinski definition) is 3. The van der Waals surface area contributed by atoms with Gasteiger partial charge in [-0.15, -0.1) is 0 Å². The third-order valence-electron chi connectivity index (χ3n) is 4.89. The number of pyridine rings is 1. The predicted octanol–water partition coefficient (Wildman–Crippen LogP) is 2.82. The Morgan fingerprint density at radius 2 is 1.81 bits per heavy atom. The van der Waals surface area contributed by atoms with Crippen LogP contribution < -0.4 is 5.56 Å². The SMILES string of the molecule is Cn1c(=O)c(-c2cc(F)cc(C(=O)N3CCOCC3)c2)cc2ccccc21. The van der Waals surface area contributed by atoms with Gasteiger partial charge >= 0.3 is 0 Å². The highest BCUT2D eigenvalue weighted by Crippen LogP contribution is 2.24. The molecule has 3 aromatic rings. The number of carbonyl (C=O) groups is 1. The molecule has 2 aromatic carbocycles. The molecule has 6 heteroatoms. The van der Waals surface area contributed by atoms with Crippen LogP contribution in [0.1, 0.15) is 10.4 Å². The fourth-order valence-electron chi connectivity index (χ4n) is 3.45. The average Bonchev–Trinajstić information content (AvgIpc) is 2.70. The first-order valence-corrected chi connectivity index (χ1v) is 8.81. The highest BCUT2D eigenvalue weighted by molar-refractivity contribution is 5.96. The van der Waals surface area contributed by atoms with Crippen molar-refractivity contribution >= 4 is 16.8 Å². The molecule has 0 radical (unpaired) electrons. The number of aryl methyl sites for hydroxylation is 1. The van der Waals surface area contributed by atoms with Crippen LogP contribution in [-0.2, 0) is 11.8 Å². The Morgan fingerprint density at radius 1 is 1.07 bits per heavy atom. The minimum absolute atomic E-state index is 0.232. The minimum atomic E-state index is -0.542. The molecule has 1 aliphatic heterocycles. The van der Waals surface area contributed by atoms with Gasteiger partial charge in [0.15, 0.2) is 0 Å². The second-order valence-corrected chi connectivity index (χ2v) is 6.61. The van der Waals surface area contributed by atoms with Gasteiger partial charge in [0.25, 0.3) is 11.5 Å². The van der Waals surface area contributed by atoms with Crippen LogP contribution in [0.2, 0.25) is 0 Å². The van der Waals surface area contributed by atoms with Gasteiger partial charge in [-0.25, -0.2) is 4.39 Å². The summed E-state index contributed by atoms with van der Waals surface area (Å²) in [6, 6.07) is 13.4. The molecule has 27 heavy (non-hydrogen) atoms. The van der Waals surface area contributed by atoms with E-state index in [0.717, 1.165) is 10.9 Å². The molecule has 5 nitrogen and oxygen atoms in total. The summed E-state index contributed by atoms with van der Waals surface area (Å²) in [5.41, 5.74) is 1.57. The van der Waals surface area contributed by atoms with Crippen molar-refractivity contribution in [1.82, 2.24) is 9.47 Å². The van der Waals surface area contributed by atoms with E-state index in [9.17, 15) is 14.0 Å². The van der Waals surface area contributed by atoms with Crippen LogP contribution in [0.25, 0.3) is 22.0 Å². The maximum absolute atomic E-state index is 14.3. The summed E-state index contributed by atoms with van der Waals surface area (Å²) in [7, 11) is 1.69. The molecular formula is C21H19FN2O3. The molecule has 1 amide bonds. The maximum atomic E-state index is 14.3. The van der Waals surface area contributed by atoms with Crippen LogP contribution in [0.3, 0.4) is 0 Å². The van der Waals surface area contributed by atoms with Gasteiger partial charge in [0.05, 0.1) is 18.7 Å². The number of hydrogen-bond donors (Lipinski definition) is 0. The zero-order valence-electron chi connectivity index (χ0n) is 14.9. The first kappa shape index (κ1) is 17.4. The zero-order chi connectivity index (χ0) is 19.0. The molecule has 138 valence electrons. The van der Waals surface area contributed by atoms with E-state index in [-0.39, 0.29) is 17.0 Å². The Balaban J connectivity index is 1.82. The number of amides is 1. The van der Waals surface area contributed by atoms with E-state index < -0.39 is 5.82 Å². The third-order valence-corrected chi connectivity index (χ3v) is 4.89. The van der Waals surface area contributed by atoms with Crippen LogP contribution in [0.4, 0.5) is 4.39 Å². The molecule has 0 N–H and O–H groups in total. The van der Waals surface area contributed by atoms with E-state index in [1.54, 1.807) is 28.6 Å². The fourth-order valence-corrected chi connectivity index (χ4v) is 3.45. The van der Waals surface area contributed by atoms with E-state index in [1.807, 2.05) is 24.3 Å². The molecule has 0 spiro atoms. The van der Waals surface area contributed by atoms with Crippen molar-refractivity contribution in [3.63, 3.8) is 0 Å². The van der Waals surface area contributed by atoms with Crippen LogP contribution in [-0.4, -0.2) is 41.7 Å². The molecule has 1 fully saturated rings. The number of nitrogens with zero attached hydrogens (tertiary/aromatic N) is 2. The number of benzene rings is 2. The van der Waals surface area contributed by atoms with Gasteiger partial charge < -0.3 is 14.2 Å². The normalized spacial score (nSPS) is 14.5. The quantitative estimate of drug-likeness (QED) is 0.701. The number of morpholine rings is 1. The molecule has 1 aromatic heterocycles. The molecule has 0 bridgehead atoms. The molecule has 1 aliphatic rings. The molecule has 0 saturated carbocycles. The molecule has 0 aliphatic carbocycles. The van der Waals surface area contributed by atoms with E-state index in [1.165, 1.54) is 12.1 Å². The number of carbonyl (C=O) groups excluding carboxylic acids is 1. The van der Waals surface area contributed by atoms with Crippen LogP contribution >= 0.6 is 0 Å². The third kappa shape index (κ3) is 3.24. The lowest BCUT2D eigenvalue weighted by atomic mass is 10.0. The molecule has 0 atom stereocenters. The summed E-state index contributed by atoms with van der Waals surface area (Å²) in [6.07, 6.45) is 0. The van der Waals surface area contributed by atoms with E-state index in [2.05, 4.69) is 0 Å². The van der Waals surface area contributed by atoms with E-state index >= 15 is 0 Å². The van der Waals surface area contributed by atoms with Crippen molar-refractivity contribution in [2.75, 3.05) is 26.3 Å². The van der Waals surface area contributed by atoms with Gasteiger partial charge in [-0.3, -0.25) is 9.59 Å². The number of halogens is 1. The van der Waals surface area contributed by atoms with Gasteiger partial charge in [0.1, 0.15) is 5.82 Å². The monoisotopic (exact) mass is 366 g/mol. The minimum Gasteiger partial charge on any atom is -0.378 e. The molecule has 2 heterocycles. The van der Waals surface area contributed by atoms with Gasteiger partial charge in [-0.1, -0.05) is 18.2 Å². The molecule has 4 rings (SSSR count). The highest BCUT2D eigenvalue weighted by Gasteiger charge is 2.20. The Kier molecular flexibility index (Phi) is 4.49. The summed E-state index contributed by atoms with van der Waals surface area (Å²) in [5, 5.41) is 0.875. The maximum Gasteiger partial charge on any atom is 0.258 e. The highest BCUT2D eigenvalue weighted by atomic mass is 19.1. The lowest BCUT2D eigenvalue weighted by Crippen LogP contribution is -2.40. The summed E-state index contributed by atoms with van der Waals surface area (Å²) >= 11 is 0. The number of ether oxygens (including phenoxy) is 1. The van der Waals surface area contributed by atoms with Gasteiger partial charge in [0.2, 0.25) is 0 Å². The van der Waals surface area contributed by atoms with Crippen molar-refractivity contribution in [3.05, 3.63) is 70.3 Å². The Bertz CT molecular complexity index is 1080. The van der Waals surface area contributed by atoms with Crippen molar-refractivity contribution in [3.8, 4) is 11.1 Å². The number of rotatable bonds is 2. The zero-order valence-corrected chi connectivity index (χ0v) is 14.9. The van der Waals surface area contributed by atoms with Crippen molar-refractivity contribution < 1.29 is 13.9 Å². The molecular weight excluding hydrogens is 347 g/mol. The standard InChI is InChI=1S/C21H19FN2O3/c1-23-19-5-3-2-4-14(19)13-18(21(23)26)15-10-16(12-17(22)11-15)20(25)24-6-8-27-9-7-24/h2-5,10-13H,6-9H2,1H3. The topological polar surface area (TPSA) is 51.5 Å². The van der Waals surface area contributed by atoms with Gasteiger partial charge in [-0.2, -0.15) is 0 Å². The largest absolute Gasteiger partial charge is 0.378 e. The summed E-state index contributed by atoms with van der Waals surface area (Å²) < 4.78 is 21.1. The number of aromatic nitrogens is 1. The summed E-state index contributed by atoms with van der Waals surface area (Å²) in [5.74, 6) is -0.795. The van der Waals surface area contributed by atoms with Gasteiger partial charge in [0, 0.05) is 31.3 Å². The van der Waals surface area contributed by atoms with Crippen LogP contribution in [0.15, 0.2) is 53.3 Å². The first-order valence-electron chi connectivity index (χ1n) is 8.81. The van der Waals surface area contributed by atoms with E-state index in [0.29, 0.717) is 37.4 Å². The first-order chi connectivity index (χ1) is 13.0. The van der Waals surface area contributed by atoms with Crippen LogP contribution in [0.5, 0.6) is 0 Å². The van der Waals surface area contributed by atoms with Crippen LogP contribution in [0, 0.1) is 5.82 Å². The molecule has 1 saturated heterocycles. The lowest BCUT2D eigenvalue weighted by Gasteiger charge is -2.27. The Hall–Kier alpha value is -2.99. The predicted molar refractivity (Wildman–Crippen MR) is 101 cm³/mol. The Labute approximate surface area is 155 Å². The summed E-state index contributed by atoms with van der Waals surface area (Å²) in [4.78, 5) is 27.2. The fraction of sp³-hybridized carbons (Fsp3) is 0.238. The second-order valence-electron chi connectivity index (χ2n) is 6.61. The van der Waals surface area contributed by atoms with E-state index in [4.69, 9.17) is 4.74 Å². The van der Waals surface area contributed by atoms with Crippen molar-refractivity contribution in [2.24, 2.45) is 7.05 Å². The van der Waals surface area contributed by atoms with Gasteiger partial charge in [-0.05, 0) is 41.3 Å². The summed E-state index contributed by atoms with van der Waals surface area (Å²) in [6.45, 7) is 1.89. The number of fused-ring (bicyclic) bond motifs is 1. The van der Waals surface area contributed by atoms with Crippen molar-refractivity contribution in [2.45, 2.75) is 0 Å². The number of para-hydroxylation sites is 1. The second kappa shape index (κ2) is 6.96.